The first-order chi connectivity index (χ1) is 13.1. The van der Waals surface area contributed by atoms with Crippen molar-refractivity contribution in [1.82, 2.24) is 19.6 Å². The molecule has 1 fully saturated rings. The summed E-state index contributed by atoms with van der Waals surface area (Å²) in [5.74, 6) is 0.0436. The molecule has 1 aromatic heterocycles. The molecule has 1 unspecified atom stereocenters. The van der Waals surface area contributed by atoms with E-state index in [1.165, 1.54) is 0 Å². The van der Waals surface area contributed by atoms with E-state index in [1.807, 2.05) is 43.0 Å². The minimum Gasteiger partial charge on any atom is -0.379 e. The van der Waals surface area contributed by atoms with Crippen LogP contribution in [0.2, 0.25) is 0 Å². The molecule has 0 radical (unpaired) electrons. The number of aromatic nitrogens is 2. The molecule has 1 saturated heterocycles. The van der Waals surface area contributed by atoms with Crippen LogP contribution in [0.4, 0.5) is 0 Å². The molecule has 1 aromatic carbocycles. The van der Waals surface area contributed by atoms with Gasteiger partial charge >= 0.3 is 0 Å². The van der Waals surface area contributed by atoms with Crippen LogP contribution in [0.5, 0.6) is 0 Å². The topological polar surface area (TPSA) is 50.6 Å². The third-order valence-electron chi connectivity index (χ3n) is 5.04. The van der Waals surface area contributed by atoms with Crippen molar-refractivity contribution < 1.29 is 9.53 Å². The van der Waals surface area contributed by atoms with Crippen molar-refractivity contribution in [2.45, 2.75) is 39.9 Å². The van der Waals surface area contributed by atoms with E-state index in [1.54, 1.807) is 4.68 Å². The van der Waals surface area contributed by atoms with Gasteiger partial charge in [-0.05, 0) is 32.4 Å². The number of hydrogen-bond acceptors (Lipinski definition) is 4. The van der Waals surface area contributed by atoms with Crippen molar-refractivity contribution in [3.05, 3.63) is 53.3 Å². The third-order valence-corrected chi connectivity index (χ3v) is 5.04. The van der Waals surface area contributed by atoms with E-state index in [0.29, 0.717) is 18.8 Å². The fourth-order valence-corrected chi connectivity index (χ4v) is 3.57. The van der Waals surface area contributed by atoms with Crippen molar-refractivity contribution >= 4 is 5.91 Å². The summed E-state index contributed by atoms with van der Waals surface area (Å²) in [4.78, 5) is 17.8. The van der Waals surface area contributed by atoms with Gasteiger partial charge in [0.1, 0.15) is 5.69 Å². The van der Waals surface area contributed by atoms with Gasteiger partial charge in [0, 0.05) is 38.8 Å². The van der Waals surface area contributed by atoms with Gasteiger partial charge in [0.15, 0.2) is 0 Å². The Hall–Kier alpha value is -2.18. The number of aryl methyl sites for hydroxylation is 2. The lowest BCUT2D eigenvalue weighted by Gasteiger charge is -2.35. The van der Waals surface area contributed by atoms with Crippen LogP contribution in [0.3, 0.4) is 0 Å². The Morgan fingerprint density at radius 3 is 2.63 bits per heavy atom. The maximum atomic E-state index is 13.4. The summed E-state index contributed by atoms with van der Waals surface area (Å²) in [5, 5.41) is 4.46. The quantitative estimate of drug-likeness (QED) is 0.752. The first-order valence-electron chi connectivity index (χ1n) is 9.78. The van der Waals surface area contributed by atoms with E-state index < -0.39 is 0 Å². The first-order valence-corrected chi connectivity index (χ1v) is 9.78. The molecule has 2 heterocycles. The van der Waals surface area contributed by atoms with Crippen molar-refractivity contribution in [1.29, 1.82) is 0 Å². The first kappa shape index (κ1) is 19.6. The summed E-state index contributed by atoms with van der Waals surface area (Å²) < 4.78 is 7.26. The molecule has 1 aliphatic rings. The third kappa shape index (κ3) is 4.96. The van der Waals surface area contributed by atoms with Crippen LogP contribution in [0.15, 0.2) is 36.4 Å². The van der Waals surface area contributed by atoms with Gasteiger partial charge in [0.25, 0.3) is 5.91 Å². The normalized spacial score (nSPS) is 16.3. The highest BCUT2D eigenvalue weighted by Gasteiger charge is 2.27. The van der Waals surface area contributed by atoms with Gasteiger partial charge in [-0.3, -0.25) is 14.4 Å². The second-order valence-corrected chi connectivity index (χ2v) is 7.17. The summed E-state index contributed by atoms with van der Waals surface area (Å²) in [6.45, 7) is 11.6. The van der Waals surface area contributed by atoms with Gasteiger partial charge in [-0.25, -0.2) is 0 Å². The number of morpholine rings is 1. The molecule has 6 nitrogen and oxygen atoms in total. The SMILES string of the molecule is CCn1nc(C)cc1C(=O)N(Cc1ccccc1)C(C)CN1CCOCC1. The fourth-order valence-electron chi connectivity index (χ4n) is 3.57. The van der Waals surface area contributed by atoms with Crippen molar-refractivity contribution in [3.63, 3.8) is 0 Å². The van der Waals surface area contributed by atoms with Gasteiger partial charge in [-0.15, -0.1) is 0 Å². The Morgan fingerprint density at radius 2 is 1.96 bits per heavy atom. The monoisotopic (exact) mass is 370 g/mol. The highest BCUT2D eigenvalue weighted by atomic mass is 16.5. The van der Waals surface area contributed by atoms with E-state index in [9.17, 15) is 4.79 Å². The van der Waals surface area contributed by atoms with Crippen LogP contribution in [0, 0.1) is 6.92 Å². The second kappa shape index (κ2) is 9.15. The van der Waals surface area contributed by atoms with Gasteiger partial charge < -0.3 is 9.64 Å². The van der Waals surface area contributed by atoms with Crippen LogP contribution in [0.25, 0.3) is 0 Å². The number of carbonyl (C=O) groups is 1. The number of amides is 1. The van der Waals surface area contributed by atoms with Gasteiger partial charge in [-0.1, -0.05) is 30.3 Å². The predicted molar refractivity (Wildman–Crippen MR) is 106 cm³/mol. The van der Waals surface area contributed by atoms with Crippen molar-refractivity contribution in [3.8, 4) is 0 Å². The van der Waals surface area contributed by atoms with Crippen molar-refractivity contribution in [2.24, 2.45) is 0 Å². The number of carbonyl (C=O) groups excluding carboxylic acids is 1. The lowest BCUT2D eigenvalue weighted by Crippen LogP contribution is -2.48. The smallest absolute Gasteiger partial charge is 0.272 e. The van der Waals surface area contributed by atoms with E-state index in [4.69, 9.17) is 4.74 Å². The number of nitrogens with zero attached hydrogens (tertiary/aromatic N) is 4. The number of rotatable bonds is 7. The molecule has 27 heavy (non-hydrogen) atoms. The molecule has 2 aromatic rings. The Bertz CT molecular complexity index is 738. The lowest BCUT2D eigenvalue weighted by atomic mass is 10.1. The number of benzene rings is 1. The summed E-state index contributed by atoms with van der Waals surface area (Å²) in [7, 11) is 0. The molecule has 0 N–H and O–H groups in total. The standard InChI is InChI=1S/C21H30N4O2/c1-4-25-20(14-17(2)22-25)21(26)24(16-19-8-6-5-7-9-19)18(3)15-23-10-12-27-13-11-23/h5-9,14,18H,4,10-13,15-16H2,1-3H3. The molecule has 0 bridgehead atoms. The molecule has 1 amide bonds. The van der Waals surface area contributed by atoms with E-state index in [-0.39, 0.29) is 11.9 Å². The minimum absolute atomic E-state index is 0.0436. The maximum absolute atomic E-state index is 13.4. The zero-order valence-corrected chi connectivity index (χ0v) is 16.6. The summed E-state index contributed by atoms with van der Waals surface area (Å²) in [6.07, 6.45) is 0. The maximum Gasteiger partial charge on any atom is 0.272 e. The molecule has 1 atom stereocenters. The molecule has 1 aliphatic heterocycles. The molecule has 146 valence electrons. The van der Waals surface area contributed by atoms with Gasteiger partial charge in [0.05, 0.1) is 18.9 Å². The molecule has 0 aliphatic carbocycles. The van der Waals surface area contributed by atoms with Crippen LogP contribution in [0.1, 0.15) is 35.6 Å². The largest absolute Gasteiger partial charge is 0.379 e. The Kier molecular flexibility index (Phi) is 6.63. The zero-order chi connectivity index (χ0) is 19.2. The van der Waals surface area contributed by atoms with E-state index in [0.717, 1.165) is 44.1 Å². The average molecular weight is 370 g/mol. The van der Waals surface area contributed by atoms with Gasteiger partial charge in [0.2, 0.25) is 0 Å². The van der Waals surface area contributed by atoms with Gasteiger partial charge in [-0.2, -0.15) is 5.10 Å². The minimum atomic E-state index is 0.0436. The molecule has 0 spiro atoms. The molecule has 6 heteroatoms. The molecule has 0 saturated carbocycles. The summed E-state index contributed by atoms with van der Waals surface area (Å²) in [6, 6.07) is 12.2. The lowest BCUT2D eigenvalue weighted by molar-refractivity contribution is 0.0226. The van der Waals surface area contributed by atoms with E-state index >= 15 is 0 Å². The van der Waals surface area contributed by atoms with Crippen LogP contribution in [-0.2, 0) is 17.8 Å². The zero-order valence-electron chi connectivity index (χ0n) is 16.6. The number of ether oxygens (including phenoxy) is 1. The van der Waals surface area contributed by atoms with Crippen LogP contribution >= 0.6 is 0 Å². The van der Waals surface area contributed by atoms with Crippen LogP contribution < -0.4 is 0 Å². The highest BCUT2D eigenvalue weighted by molar-refractivity contribution is 5.93. The van der Waals surface area contributed by atoms with Crippen molar-refractivity contribution in [2.75, 3.05) is 32.8 Å². The average Bonchev–Trinajstić information content (AvgIpc) is 3.08. The Balaban J connectivity index is 1.82. The predicted octanol–water partition coefficient (Wildman–Crippen LogP) is 2.57. The summed E-state index contributed by atoms with van der Waals surface area (Å²) >= 11 is 0. The second-order valence-electron chi connectivity index (χ2n) is 7.17. The Labute approximate surface area is 161 Å². The molecular formula is C21H30N4O2. The van der Waals surface area contributed by atoms with Crippen LogP contribution in [-0.4, -0.2) is 64.4 Å². The fraction of sp³-hybridized carbons (Fsp3) is 0.524. The summed E-state index contributed by atoms with van der Waals surface area (Å²) in [5.41, 5.74) is 2.68. The molecular weight excluding hydrogens is 340 g/mol. The Morgan fingerprint density at radius 1 is 1.26 bits per heavy atom. The molecule has 3 rings (SSSR count). The highest BCUT2D eigenvalue weighted by Crippen LogP contribution is 2.16. The number of hydrogen-bond donors (Lipinski definition) is 0. The van der Waals surface area contributed by atoms with E-state index in [2.05, 4.69) is 29.1 Å².